The van der Waals surface area contributed by atoms with E-state index in [9.17, 15) is 9.59 Å². The average molecular weight is 466 g/mol. The standard InChI is InChI=1S/C25H31N5O4/c31-24-17-29(18-25(32)33)12-13-30(24)16-22-14-23(28-34-22)21-8-6-20(7-9-21)15-27-26-11-10-19-4-2-1-3-5-19/h1-9,22-23,28H,10-18H2,(H,32,33). The summed E-state index contributed by atoms with van der Waals surface area (Å²) in [4.78, 5) is 32.4. The first-order valence-electron chi connectivity index (χ1n) is 11.7. The maximum Gasteiger partial charge on any atom is 0.317 e. The number of carbonyl (C=O) groups is 2. The molecule has 9 heteroatoms. The number of nitrogens with one attached hydrogen (secondary N) is 1. The summed E-state index contributed by atoms with van der Waals surface area (Å²) < 4.78 is 0. The first-order valence-corrected chi connectivity index (χ1v) is 11.7. The van der Waals surface area contributed by atoms with Crippen molar-refractivity contribution in [2.45, 2.75) is 31.5 Å². The van der Waals surface area contributed by atoms with Crippen LogP contribution in [-0.4, -0.2) is 72.2 Å². The summed E-state index contributed by atoms with van der Waals surface area (Å²) >= 11 is 0. The van der Waals surface area contributed by atoms with E-state index in [0.29, 0.717) is 32.7 Å². The molecule has 1 amide bonds. The van der Waals surface area contributed by atoms with Crippen molar-refractivity contribution in [3.63, 3.8) is 0 Å². The number of hydrogen-bond donors (Lipinski definition) is 2. The zero-order valence-electron chi connectivity index (χ0n) is 19.2. The van der Waals surface area contributed by atoms with Crippen molar-refractivity contribution < 1.29 is 19.5 Å². The van der Waals surface area contributed by atoms with Crippen molar-refractivity contribution in [1.29, 1.82) is 0 Å². The molecule has 2 unspecified atom stereocenters. The molecule has 2 aromatic rings. The number of carbonyl (C=O) groups excluding carboxylic acids is 1. The minimum absolute atomic E-state index is 0.0539. The molecule has 2 heterocycles. The second-order valence-electron chi connectivity index (χ2n) is 8.73. The van der Waals surface area contributed by atoms with E-state index < -0.39 is 5.97 Å². The third kappa shape index (κ3) is 6.93. The highest BCUT2D eigenvalue weighted by Crippen LogP contribution is 2.26. The molecule has 34 heavy (non-hydrogen) atoms. The van der Waals surface area contributed by atoms with Gasteiger partial charge >= 0.3 is 5.97 Å². The van der Waals surface area contributed by atoms with Crippen LogP contribution in [0.3, 0.4) is 0 Å². The Morgan fingerprint density at radius 3 is 2.59 bits per heavy atom. The number of benzene rings is 2. The van der Waals surface area contributed by atoms with Crippen molar-refractivity contribution >= 4 is 11.9 Å². The average Bonchev–Trinajstić information content (AvgIpc) is 3.30. The van der Waals surface area contributed by atoms with Gasteiger partial charge in [0.05, 0.1) is 38.3 Å². The Balaban J connectivity index is 1.19. The first-order chi connectivity index (χ1) is 16.6. The van der Waals surface area contributed by atoms with Crippen LogP contribution in [0.4, 0.5) is 0 Å². The largest absolute Gasteiger partial charge is 0.480 e. The molecule has 180 valence electrons. The summed E-state index contributed by atoms with van der Waals surface area (Å²) in [6.45, 7) is 2.87. The fraction of sp³-hybridized carbons (Fsp3) is 0.440. The molecule has 2 atom stereocenters. The molecule has 4 rings (SSSR count). The summed E-state index contributed by atoms with van der Waals surface area (Å²) in [5.74, 6) is -0.966. The highest BCUT2D eigenvalue weighted by atomic mass is 16.7. The van der Waals surface area contributed by atoms with Gasteiger partial charge in [-0.2, -0.15) is 15.7 Å². The summed E-state index contributed by atoms with van der Waals surface area (Å²) in [6.07, 6.45) is 1.56. The van der Waals surface area contributed by atoms with Gasteiger partial charge in [-0.15, -0.1) is 0 Å². The van der Waals surface area contributed by atoms with E-state index in [4.69, 9.17) is 9.94 Å². The lowest BCUT2D eigenvalue weighted by molar-refractivity contribution is -0.143. The molecule has 0 saturated carbocycles. The zero-order valence-corrected chi connectivity index (χ0v) is 19.2. The molecule has 9 nitrogen and oxygen atoms in total. The fourth-order valence-electron chi connectivity index (χ4n) is 4.26. The van der Waals surface area contributed by atoms with E-state index in [1.54, 1.807) is 9.80 Å². The maximum absolute atomic E-state index is 12.4. The minimum atomic E-state index is -0.912. The number of hydrogen-bond acceptors (Lipinski definition) is 7. The van der Waals surface area contributed by atoms with Gasteiger partial charge in [-0.3, -0.25) is 19.3 Å². The number of nitrogens with zero attached hydrogens (tertiary/aromatic N) is 4. The van der Waals surface area contributed by atoms with Crippen molar-refractivity contribution in [2.75, 3.05) is 39.3 Å². The van der Waals surface area contributed by atoms with E-state index in [2.05, 4.69) is 52.1 Å². The lowest BCUT2D eigenvalue weighted by atomic mass is 10.0. The van der Waals surface area contributed by atoms with Crippen LogP contribution < -0.4 is 5.48 Å². The molecule has 0 aromatic heterocycles. The fourth-order valence-corrected chi connectivity index (χ4v) is 4.26. The van der Waals surface area contributed by atoms with E-state index in [0.717, 1.165) is 24.0 Å². The van der Waals surface area contributed by atoms with Gasteiger partial charge < -0.3 is 10.0 Å². The Bertz CT molecular complexity index is 983. The number of azo groups is 1. The smallest absolute Gasteiger partial charge is 0.317 e. The first kappa shape index (κ1) is 24.0. The number of rotatable bonds is 10. The molecule has 2 aromatic carbocycles. The SMILES string of the molecule is O=C(O)CN1CCN(CC2CC(c3ccc(CN=NCCc4ccccc4)cc3)NO2)C(=O)C1. The van der Waals surface area contributed by atoms with Crippen LogP contribution in [0.15, 0.2) is 64.8 Å². The van der Waals surface area contributed by atoms with Crippen LogP contribution >= 0.6 is 0 Å². The predicted octanol–water partition coefficient (Wildman–Crippen LogP) is 2.44. The number of carboxylic acids is 1. The van der Waals surface area contributed by atoms with Gasteiger partial charge in [0.15, 0.2) is 0 Å². The van der Waals surface area contributed by atoms with Crippen LogP contribution in [0, 0.1) is 0 Å². The number of hydroxylamine groups is 1. The summed E-state index contributed by atoms with van der Waals surface area (Å²) in [6, 6.07) is 18.6. The van der Waals surface area contributed by atoms with Crippen LogP contribution in [0.5, 0.6) is 0 Å². The molecule has 0 radical (unpaired) electrons. The summed E-state index contributed by atoms with van der Waals surface area (Å²) in [7, 11) is 0. The molecular formula is C25H31N5O4. The third-order valence-electron chi connectivity index (χ3n) is 6.13. The van der Waals surface area contributed by atoms with Gasteiger partial charge in [0.25, 0.3) is 0 Å². The molecule has 2 saturated heterocycles. The minimum Gasteiger partial charge on any atom is -0.480 e. The molecular weight excluding hydrogens is 434 g/mol. The van der Waals surface area contributed by atoms with E-state index in [1.807, 2.05) is 18.2 Å². The van der Waals surface area contributed by atoms with Gasteiger partial charge in [0.1, 0.15) is 0 Å². The summed E-state index contributed by atoms with van der Waals surface area (Å²) in [5, 5.41) is 17.5. The monoisotopic (exact) mass is 465 g/mol. The molecule has 2 N–H and O–H groups in total. The Labute approximate surface area is 199 Å². The number of aliphatic carboxylic acids is 1. The van der Waals surface area contributed by atoms with E-state index in [-0.39, 0.29) is 31.1 Å². The van der Waals surface area contributed by atoms with Gasteiger partial charge in [0, 0.05) is 19.6 Å². The molecule has 0 aliphatic carbocycles. The normalized spacial score (nSPS) is 21.4. The van der Waals surface area contributed by atoms with Crippen molar-refractivity contribution in [3.8, 4) is 0 Å². The Kier molecular flexibility index (Phi) is 8.35. The van der Waals surface area contributed by atoms with E-state index in [1.165, 1.54) is 5.56 Å². The topological polar surface area (TPSA) is 107 Å². The quantitative estimate of drug-likeness (QED) is 0.522. The summed E-state index contributed by atoms with van der Waals surface area (Å²) in [5.41, 5.74) is 6.59. The van der Waals surface area contributed by atoms with Crippen LogP contribution in [-0.2, 0) is 27.4 Å². The Hall–Kier alpha value is -3.14. The highest BCUT2D eigenvalue weighted by Gasteiger charge is 2.32. The zero-order chi connectivity index (χ0) is 23.8. The van der Waals surface area contributed by atoms with Crippen molar-refractivity contribution in [2.24, 2.45) is 10.2 Å². The predicted molar refractivity (Wildman–Crippen MR) is 126 cm³/mol. The number of piperazine rings is 1. The highest BCUT2D eigenvalue weighted by molar-refractivity contribution is 5.80. The van der Waals surface area contributed by atoms with Gasteiger partial charge in [-0.25, -0.2) is 0 Å². The number of carboxylic acid groups (broad SMARTS) is 1. The Morgan fingerprint density at radius 1 is 1.06 bits per heavy atom. The third-order valence-corrected chi connectivity index (χ3v) is 6.13. The second kappa shape index (κ2) is 11.8. The van der Waals surface area contributed by atoms with Crippen molar-refractivity contribution in [1.82, 2.24) is 15.3 Å². The second-order valence-corrected chi connectivity index (χ2v) is 8.73. The van der Waals surface area contributed by atoms with E-state index >= 15 is 0 Å². The number of amides is 1. The molecule has 0 bridgehead atoms. The van der Waals surface area contributed by atoms with Crippen molar-refractivity contribution in [3.05, 3.63) is 71.3 Å². The lowest BCUT2D eigenvalue weighted by Crippen LogP contribution is -2.53. The van der Waals surface area contributed by atoms with Gasteiger partial charge in [0.2, 0.25) is 5.91 Å². The van der Waals surface area contributed by atoms with Crippen LogP contribution in [0.1, 0.15) is 29.2 Å². The lowest BCUT2D eigenvalue weighted by Gasteiger charge is -2.34. The Morgan fingerprint density at radius 2 is 1.85 bits per heavy atom. The molecule has 2 fully saturated rings. The van der Waals surface area contributed by atoms with Gasteiger partial charge in [-0.05, 0) is 29.5 Å². The molecule has 2 aliphatic rings. The molecule has 2 aliphatic heterocycles. The maximum atomic E-state index is 12.4. The van der Waals surface area contributed by atoms with Crippen LogP contribution in [0.25, 0.3) is 0 Å². The van der Waals surface area contributed by atoms with Crippen LogP contribution in [0.2, 0.25) is 0 Å². The van der Waals surface area contributed by atoms with Gasteiger partial charge in [-0.1, -0.05) is 54.6 Å². The molecule has 0 spiro atoms.